The van der Waals surface area contributed by atoms with Crippen molar-refractivity contribution in [2.45, 2.75) is 59.3 Å². The van der Waals surface area contributed by atoms with E-state index < -0.39 is 0 Å². The number of hydrogen-bond acceptors (Lipinski definition) is 1. The third-order valence-electron chi connectivity index (χ3n) is 3.43. The van der Waals surface area contributed by atoms with E-state index in [0.29, 0.717) is 5.75 Å². The first-order chi connectivity index (χ1) is 9.53. The minimum Gasteiger partial charge on any atom is -0.507 e. The molecule has 0 atom stereocenters. The van der Waals surface area contributed by atoms with Crippen LogP contribution in [0.1, 0.15) is 58.2 Å². The van der Waals surface area contributed by atoms with E-state index in [0.717, 1.165) is 11.1 Å². The molecule has 0 unspecified atom stereocenters. The summed E-state index contributed by atoms with van der Waals surface area (Å²) in [6.45, 7) is 14.9. The standard InChI is InChI=1S/C15H24O.C5H5.5CH3.2ClH.Ti/c1-10-8-11(14(2,3)4)13(16)12(9-10)15(5,6)7;1-2-4-5-3-1;;;;;;;;/h8-9,16H,1-7H3;1-5H;5*1H3;2*1H;/q;6*-1;;;. The van der Waals surface area contributed by atoms with Gasteiger partial charge in [0.05, 0.1) is 0 Å². The maximum absolute atomic E-state index is 10.4. The normalized spacial score (nSPS) is 8.52. The summed E-state index contributed by atoms with van der Waals surface area (Å²) in [7, 11) is 0. The maximum Gasteiger partial charge on any atom is 0.123 e. The monoisotopic (exact) mass is 480 g/mol. The predicted molar refractivity (Wildman–Crippen MR) is 139 cm³/mol. The Bertz CT molecular complexity index is 513. The van der Waals surface area contributed by atoms with Gasteiger partial charge in [-0.25, -0.2) is 12.1 Å². The molecule has 1 nitrogen and oxygen atoms in total. The zero-order valence-corrected chi connectivity index (χ0v) is 24.0. The van der Waals surface area contributed by atoms with E-state index in [4.69, 9.17) is 0 Å². The fourth-order valence-corrected chi connectivity index (χ4v) is 2.24. The van der Waals surface area contributed by atoms with Crippen molar-refractivity contribution >= 4 is 24.8 Å². The van der Waals surface area contributed by atoms with Gasteiger partial charge in [0.2, 0.25) is 0 Å². The van der Waals surface area contributed by atoms with Crippen LogP contribution in [0.5, 0.6) is 5.75 Å². The van der Waals surface area contributed by atoms with Gasteiger partial charge in [0.1, 0.15) is 5.75 Å². The second-order valence-corrected chi connectivity index (χ2v) is 7.67. The van der Waals surface area contributed by atoms with Crippen molar-refractivity contribution < 1.29 is 26.8 Å². The van der Waals surface area contributed by atoms with Crippen LogP contribution in [0, 0.1) is 44.1 Å². The Kier molecular flexibility index (Phi) is 37.1. The van der Waals surface area contributed by atoms with Crippen LogP contribution in [0.4, 0.5) is 0 Å². The molecule has 0 saturated carbocycles. The van der Waals surface area contributed by atoms with Crippen molar-refractivity contribution in [1.82, 2.24) is 0 Å². The number of phenolic OH excluding ortho intramolecular Hbond substituents is 1. The SMILES string of the molecule is Cc1cc(C(C)(C)C)c(O)c(C(C)(C)C)c1.Cl.Cl.[CH3-].[CH3-].[CH3-].[CH3-].[CH3-].[Ti].c1cc[cH-]c1. The van der Waals surface area contributed by atoms with Gasteiger partial charge >= 0.3 is 0 Å². The molecule has 0 saturated heterocycles. The van der Waals surface area contributed by atoms with Crippen molar-refractivity contribution in [3.05, 3.63) is 96.3 Å². The van der Waals surface area contributed by atoms with Gasteiger partial charge in [0.15, 0.2) is 0 Å². The summed E-state index contributed by atoms with van der Waals surface area (Å²) in [5.41, 5.74) is 3.26. The maximum atomic E-state index is 10.4. The average molecular weight is 481 g/mol. The molecule has 0 aliphatic carbocycles. The van der Waals surface area contributed by atoms with E-state index in [1.54, 1.807) is 0 Å². The zero-order chi connectivity index (χ0) is 16.3. The van der Waals surface area contributed by atoms with E-state index >= 15 is 0 Å². The van der Waals surface area contributed by atoms with Crippen molar-refractivity contribution in [3.8, 4) is 5.75 Å². The summed E-state index contributed by atoms with van der Waals surface area (Å²) in [4.78, 5) is 0. The number of aromatic hydroxyl groups is 1. The minimum absolute atomic E-state index is 0. The number of phenols is 1. The van der Waals surface area contributed by atoms with E-state index in [1.807, 2.05) is 30.3 Å². The summed E-state index contributed by atoms with van der Waals surface area (Å²) in [5, 5.41) is 10.4. The van der Waals surface area contributed by atoms with Crippen LogP contribution in [-0.2, 0) is 32.5 Å². The molecule has 0 bridgehead atoms. The first kappa shape index (κ1) is 51.4. The second kappa shape index (κ2) is 20.9. The van der Waals surface area contributed by atoms with Crippen LogP contribution in [0.15, 0.2) is 42.5 Å². The van der Waals surface area contributed by atoms with Crippen molar-refractivity contribution in [2.24, 2.45) is 0 Å². The van der Waals surface area contributed by atoms with Crippen LogP contribution in [0.2, 0.25) is 0 Å². The van der Waals surface area contributed by atoms with Crippen molar-refractivity contribution in [3.63, 3.8) is 0 Å². The molecule has 0 radical (unpaired) electrons. The molecule has 1 N–H and O–H groups in total. The molecule has 176 valence electrons. The Morgan fingerprint density at radius 1 is 0.690 bits per heavy atom. The molecule has 0 heterocycles. The molecule has 0 amide bonds. The third-order valence-corrected chi connectivity index (χ3v) is 3.43. The molecule has 0 fully saturated rings. The molecule has 0 aliphatic rings. The number of benzene rings is 1. The van der Waals surface area contributed by atoms with Gasteiger partial charge in [0, 0.05) is 21.7 Å². The molecule has 0 aliphatic heterocycles. The van der Waals surface area contributed by atoms with Gasteiger partial charge in [-0.3, -0.25) is 0 Å². The van der Waals surface area contributed by atoms with Crippen LogP contribution in [0.3, 0.4) is 0 Å². The van der Waals surface area contributed by atoms with Gasteiger partial charge < -0.3 is 42.2 Å². The van der Waals surface area contributed by atoms with Gasteiger partial charge in [-0.15, -0.1) is 24.8 Å². The van der Waals surface area contributed by atoms with Crippen LogP contribution < -0.4 is 0 Å². The minimum atomic E-state index is -0.0178. The first-order valence-electron chi connectivity index (χ1n) is 7.54. The molecule has 0 spiro atoms. The smallest absolute Gasteiger partial charge is 0.123 e. The largest absolute Gasteiger partial charge is 0.507 e. The predicted octanol–water partition coefficient (Wildman–Crippen LogP) is 8.79. The van der Waals surface area contributed by atoms with E-state index in [1.165, 1.54) is 5.56 Å². The quantitative estimate of drug-likeness (QED) is 0.295. The molecule has 2 rings (SSSR count). The van der Waals surface area contributed by atoms with E-state index in [-0.39, 0.29) is 94.5 Å². The van der Waals surface area contributed by atoms with Gasteiger partial charge in [-0.1, -0.05) is 59.2 Å². The van der Waals surface area contributed by atoms with E-state index in [2.05, 4.69) is 60.6 Å². The Morgan fingerprint density at radius 3 is 1.14 bits per heavy atom. The topological polar surface area (TPSA) is 20.2 Å². The van der Waals surface area contributed by atoms with Gasteiger partial charge in [-0.2, -0.15) is 18.2 Å². The first-order valence-corrected chi connectivity index (χ1v) is 7.54. The van der Waals surface area contributed by atoms with Gasteiger partial charge in [0.25, 0.3) is 0 Å². The Hall–Kier alpha value is -0.336. The Balaban J connectivity index is -0.0000000504. The average Bonchev–Trinajstić information content (AvgIpc) is 2.87. The molecule has 2 aromatic carbocycles. The summed E-state index contributed by atoms with van der Waals surface area (Å²) in [6, 6.07) is 14.2. The number of aryl methyl sites for hydroxylation is 1. The van der Waals surface area contributed by atoms with E-state index in [9.17, 15) is 5.11 Å². The summed E-state index contributed by atoms with van der Waals surface area (Å²) < 4.78 is 0. The summed E-state index contributed by atoms with van der Waals surface area (Å²) in [6.07, 6.45) is 0. The molecular weight excluding hydrogens is 435 g/mol. The number of rotatable bonds is 0. The third kappa shape index (κ3) is 17.1. The Labute approximate surface area is 212 Å². The molecule has 29 heavy (non-hydrogen) atoms. The number of hydrogen-bond donors (Lipinski definition) is 1. The van der Waals surface area contributed by atoms with Crippen LogP contribution in [-0.4, -0.2) is 5.11 Å². The molecule has 0 aromatic heterocycles. The van der Waals surface area contributed by atoms with Gasteiger partial charge in [-0.05, 0) is 28.9 Å². The Morgan fingerprint density at radius 2 is 0.966 bits per heavy atom. The fraction of sp³-hybridized carbons (Fsp3) is 0.360. The van der Waals surface area contributed by atoms with Crippen LogP contribution >= 0.6 is 24.8 Å². The molecule has 2 aromatic rings. The van der Waals surface area contributed by atoms with Crippen LogP contribution in [0.25, 0.3) is 0 Å². The summed E-state index contributed by atoms with van der Waals surface area (Å²) in [5.74, 6) is 0.464. The molecular formula is C25H46Cl2OTi-6. The fourth-order valence-electron chi connectivity index (χ4n) is 2.24. The second-order valence-electron chi connectivity index (χ2n) is 7.67. The molecule has 4 heteroatoms. The van der Waals surface area contributed by atoms with Crippen molar-refractivity contribution in [2.75, 3.05) is 0 Å². The number of halogens is 2. The zero-order valence-electron chi connectivity index (χ0n) is 20.8. The van der Waals surface area contributed by atoms with Crippen molar-refractivity contribution in [1.29, 1.82) is 0 Å². The summed E-state index contributed by atoms with van der Waals surface area (Å²) >= 11 is 0.